The smallest absolute Gasteiger partial charge is 0.289 e. The van der Waals surface area contributed by atoms with Gasteiger partial charge in [0.25, 0.3) is 5.91 Å². The zero-order chi connectivity index (χ0) is 16.8. The summed E-state index contributed by atoms with van der Waals surface area (Å²) >= 11 is 1.72. The molecule has 132 valence electrons. The Kier molecular flexibility index (Phi) is 3.82. The quantitative estimate of drug-likeness (QED) is 0.892. The molecule has 7 nitrogen and oxygen atoms in total. The third-order valence-corrected chi connectivity index (χ3v) is 6.59. The normalized spacial score (nSPS) is 26.1. The first-order chi connectivity index (χ1) is 12.3. The Morgan fingerprint density at radius 3 is 2.88 bits per heavy atom. The number of thiazole rings is 1. The number of hydrogen-bond donors (Lipinski definition) is 1. The molecule has 1 amide bonds. The third-order valence-electron chi connectivity index (χ3n) is 5.83. The highest BCUT2D eigenvalue weighted by atomic mass is 32.1. The summed E-state index contributed by atoms with van der Waals surface area (Å²) in [5.41, 5.74) is 0. The number of amides is 1. The van der Waals surface area contributed by atoms with E-state index in [0.29, 0.717) is 23.7 Å². The van der Waals surface area contributed by atoms with Crippen LogP contribution in [-0.4, -0.2) is 49.7 Å². The van der Waals surface area contributed by atoms with E-state index < -0.39 is 0 Å². The Bertz CT molecular complexity index is 768. The molecule has 2 aromatic heterocycles. The molecule has 25 heavy (non-hydrogen) atoms. The number of carbonyl (C=O) groups excluding carboxylic acids is 1. The van der Waals surface area contributed by atoms with Gasteiger partial charge in [-0.3, -0.25) is 9.69 Å². The molecule has 2 aliphatic heterocycles. The number of aromatic nitrogens is 4. The van der Waals surface area contributed by atoms with E-state index in [1.165, 1.54) is 11.4 Å². The molecule has 3 aliphatic rings. The molecule has 2 aromatic rings. The molecule has 5 rings (SSSR count). The zero-order valence-electron chi connectivity index (χ0n) is 14.1. The largest absolute Gasteiger partial charge is 0.347 e. The average molecular weight is 358 g/mol. The Morgan fingerprint density at radius 2 is 2.12 bits per heavy atom. The second-order valence-electron chi connectivity index (χ2n) is 7.50. The van der Waals surface area contributed by atoms with Crippen LogP contribution in [0.25, 0.3) is 0 Å². The number of carbonyl (C=O) groups is 1. The van der Waals surface area contributed by atoms with Crippen molar-refractivity contribution in [3.63, 3.8) is 0 Å². The Morgan fingerprint density at radius 1 is 1.24 bits per heavy atom. The van der Waals surface area contributed by atoms with Crippen molar-refractivity contribution in [2.45, 2.75) is 44.8 Å². The van der Waals surface area contributed by atoms with Gasteiger partial charge in [-0.1, -0.05) is 0 Å². The molecule has 2 atom stereocenters. The summed E-state index contributed by atoms with van der Waals surface area (Å²) in [4.78, 5) is 19.4. The molecule has 0 unspecified atom stereocenters. The Balaban J connectivity index is 1.28. The molecule has 0 radical (unpaired) electrons. The first-order valence-electron chi connectivity index (χ1n) is 9.10. The lowest BCUT2D eigenvalue weighted by molar-refractivity contribution is 0.0898. The topological polar surface area (TPSA) is 75.9 Å². The fraction of sp³-hybridized carbons (Fsp3) is 0.647. The predicted molar refractivity (Wildman–Crippen MR) is 93.2 cm³/mol. The minimum atomic E-state index is -0.0560. The second kappa shape index (κ2) is 6.17. The van der Waals surface area contributed by atoms with E-state index >= 15 is 0 Å². The fourth-order valence-electron chi connectivity index (χ4n) is 4.24. The highest BCUT2D eigenvalue weighted by Gasteiger charge is 2.39. The first-order valence-corrected chi connectivity index (χ1v) is 9.98. The van der Waals surface area contributed by atoms with E-state index in [0.717, 1.165) is 51.3 Å². The van der Waals surface area contributed by atoms with Crippen LogP contribution < -0.4 is 5.32 Å². The number of likely N-dealkylation sites (tertiary alicyclic amines) is 1. The van der Waals surface area contributed by atoms with Crippen molar-refractivity contribution >= 4 is 17.2 Å². The van der Waals surface area contributed by atoms with Gasteiger partial charge in [0.2, 0.25) is 5.82 Å². The van der Waals surface area contributed by atoms with Crippen LogP contribution in [0.2, 0.25) is 0 Å². The van der Waals surface area contributed by atoms with Gasteiger partial charge in [-0.15, -0.1) is 21.5 Å². The average Bonchev–Trinajstić information content (AvgIpc) is 3.27. The first kappa shape index (κ1) is 15.5. The maximum atomic E-state index is 12.5. The molecule has 4 heterocycles. The van der Waals surface area contributed by atoms with Gasteiger partial charge in [0.05, 0.1) is 6.54 Å². The van der Waals surface area contributed by atoms with E-state index in [2.05, 4.69) is 30.0 Å². The predicted octanol–water partition coefficient (Wildman–Crippen LogP) is 1.32. The molecule has 8 heteroatoms. The molecule has 0 aromatic carbocycles. The number of nitrogens with zero attached hydrogens (tertiary/aromatic N) is 5. The van der Waals surface area contributed by atoms with Crippen LogP contribution in [0.3, 0.4) is 0 Å². The Hall–Kier alpha value is -1.80. The Labute approximate surface area is 150 Å². The van der Waals surface area contributed by atoms with Crippen LogP contribution in [0.4, 0.5) is 0 Å². The summed E-state index contributed by atoms with van der Waals surface area (Å²) in [6, 6.07) is 0.331. The van der Waals surface area contributed by atoms with E-state index in [4.69, 9.17) is 0 Å². The molecule has 0 spiro atoms. The molecule has 2 fully saturated rings. The van der Waals surface area contributed by atoms with E-state index in [1.54, 1.807) is 11.3 Å². The van der Waals surface area contributed by atoms with Gasteiger partial charge in [0.15, 0.2) is 0 Å². The molecular formula is C17H22N6OS. The highest BCUT2D eigenvalue weighted by Crippen LogP contribution is 2.33. The monoisotopic (exact) mass is 358 g/mol. The van der Waals surface area contributed by atoms with Crippen LogP contribution in [0.15, 0.2) is 11.6 Å². The number of fused-ring (bicyclic) bond motifs is 2. The third kappa shape index (κ3) is 2.87. The summed E-state index contributed by atoms with van der Waals surface area (Å²) in [7, 11) is 0. The van der Waals surface area contributed by atoms with E-state index in [9.17, 15) is 4.79 Å². The van der Waals surface area contributed by atoms with Crippen LogP contribution in [0, 0.1) is 11.8 Å². The maximum absolute atomic E-state index is 12.5. The van der Waals surface area contributed by atoms with Crippen molar-refractivity contribution in [1.29, 1.82) is 0 Å². The summed E-state index contributed by atoms with van der Waals surface area (Å²) in [6.07, 6.45) is 6.17. The van der Waals surface area contributed by atoms with Gasteiger partial charge in [-0.25, -0.2) is 4.98 Å². The minimum Gasteiger partial charge on any atom is -0.347 e. The number of hydrogen-bond acceptors (Lipinski definition) is 6. The van der Waals surface area contributed by atoms with Crippen LogP contribution in [-0.2, 0) is 19.5 Å². The summed E-state index contributed by atoms with van der Waals surface area (Å²) in [5, 5.41) is 14.8. The van der Waals surface area contributed by atoms with Crippen molar-refractivity contribution in [1.82, 2.24) is 30.0 Å². The summed E-state index contributed by atoms with van der Waals surface area (Å²) in [6.45, 7) is 3.93. The molecule has 1 N–H and O–H groups in total. The van der Waals surface area contributed by atoms with Crippen LogP contribution in [0.1, 0.15) is 40.7 Å². The van der Waals surface area contributed by atoms with Gasteiger partial charge >= 0.3 is 0 Å². The standard InChI is InChI=1S/C17H22N6OS/c24-17(19-13-2-1-3-13)16-21-20-14-6-11-7-22(8-12(11)9-23(14)16)10-15-18-4-5-25-15/h4-5,11-13H,1-3,6-10H2,(H,19,24)/t11-,12-/m0/s1. The van der Waals surface area contributed by atoms with E-state index in [1.807, 2.05) is 11.6 Å². The van der Waals surface area contributed by atoms with Crippen LogP contribution >= 0.6 is 11.3 Å². The van der Waals surface area contributed by atoms with Gasteiger partial charge in [-0.2, -0.15) is 0 Å². The van der Waals surface area contributed by atoms with Crippen molar-refractivity contribution in [2.75, 3.05) is 13.1 Å². The fourth-order valence-corrected chi connectivity index (χ4v) is 4.90. The maximum Gasteiger partial charge on any atom is 0.289 e. The second-order valence-corrected chi connectivity index (χ2v) is 8.48. The molecule has 1 saturated heterocycles. The van der Waals surface area contributed by atoms with Gasteiger partial charge in [0, 0.05) is 43.7 Å². The lowest BCUT2D eigenvalue weighted by Crippen LogP contribution is -2.41. The molecule has 0 bridgehead atoms. The van der Waals surface area contributed by atoms with Crippen LogP contribution in [0.5, 0.6) is 0 Å². The lowest BCUT2D eigenvalue weighted by atomic mass is 9.89. The number of rotatable bonds is 4. The summed E-state index contributed by atoms with van der Waals surface area (Å²) in [5.74, 6) is 2.59. The van der Waals surface area contributed by atoms with Crippen molar-refractivity contribution < 1.29 is 4.79 Å². The van der Waals surface area contributed by atoms with Gasteiger partial charge in [0.1, 0.15) is 10.8 Å². The minimum absolute atomic E-state index is 0.0560. The van der Waals surface area contributed by atoms with Crippen molar-refractivity contribution in [2.24, 2.45) is 11.8 Å². The zero-order valence-corrected chi connectivity index (χ0v) is 14.9. The SMILES string of the molecule is O=C(NC1CCC1)c1nnc2n1C[C@@H]1CN(Cc3nccs3)C[C@@H]1C2. The van der Waals surface area contributed by atoms with Gasteiger partial charge < -0.3 is 9.88 Å². The molecule has 1 saturated carbocycles. The molecular weight excluding hydrogens is 336 g/mol. The lowest BCUT2D eigenvalue weighted by Gasteiger charge is -2.28. The van der Waals surface area contributed by atoms with Crippen molar-refractivity contribution in [3.05, 3.63) is 28.2 Å². The number of nitrogens with one attached hydrogen (secondary N) is 1. The summed E-state index contributed by atoms with van der Waals surface area (Å²) < 4.78 is 2.06. The highest BCUT2D eigenvalue weighted by molar-refractivity contribution is 7.09. The van der Waals surface area contributed by atoms with Crippen molar-refractivity contribution in [3.8, 4) is 0 Å². The van der Waals surface area contributed by atoms with Gasteiger partial charge in [-0.05, 0) is 31.1 Å². The van der Waals surface area contributed by atoms with E-state index in [-0.39, 0.29) is 5.91 Å². The molecule has 1 aliphatic carbocycles.